The normalized spacial score (nSPS) is 10.6. The Kier molecular flexibility index (Phi) is 4.72. The average Bonchev–Trinajstić information content (AvgIpc) is 2.71. The molecule has 1 aromatic carbocycles. The predicted octanol–water partition coefficient (Wildman–Crippen LogP) is 2.44. The molecule has 20 heavy (non-hydrogen) atoms. The van der Waals surface area contributed by atoms with Gasteiger partial charge in [-0.2, -0.15) is 0 Å². The van der Waals surface area contributed by atoms with Gasteiger partial charge >= 0.3 is 4.87 Å². The van der Waals surface area contributed by atoms with Gasteiger partial charge in [-0.25, -0.2) is 4.39 Å². The quantitative estimate of drug-likeness (QED) is 0.912. The molecule has 1 amide bonds. The first kappa shape index (κ1) is 14.9. The van der Waals surface area contributed by atoms with Gasteiger partial charge < -0.3 is 5.32 Å². The fraction of sp³-hybridized carbons (Fsp3) is 0.231. The summed E-state index contributed by atoms with van der Waals surface area (Å²) in [5.74, 6) is -0.703. The molecule has 106 valence electrons. The van der Waals surface area contributed by atoms with Crippen LogP contribution >= 0.6 is 27.3 Å². The summed E-state index contributed by atoms with van der Waals surface area (Å²) in [6.07, 6.45) is 0. The van der Waals surface area contributed by atoms with Crippen molar-refractivity contribution in [3.63, 3.8) is 0 Å². The van der Waals surface area contributed by atoms with Crippen LogP contribution in [-0.2, 0) is 17.9 Å². The van der Waals surface area contributed by atoms with Gasteiger partial charge in [0.1, 0.15) is 12.4 Å². The summed E-state index contributed by atoms with van der Waals surface area (Å²) < 4.78 is 15.6. The first-order valence-corrected chi connectivity index (χ1v) is 7.50. The maximum Gasteiger partial charge on any atom is 0.307 e. The second-order valence-corrected chi connectivity index (χ2v) is 5.98. The molecule has 0 aliphatic heterocycles. The first-order valence-electron chi connectivity index (χ1n) is 5.83. The van der Waals surface area contributed by atoms with Crippen molar-refractivity contribution >= 4 is 33.2 Å². The third kappa shape index (κ3) is 3.55. The van der Waals surface area contributed by atoms with Crippen molar-refractivity contribution in [1.29, 1.82) is 0 Å². The van der Waals surface area contributed by atoms with Crippen LogP contribution in [0.2, 0.25) is 0 Å². The van der Waals surface area contributed by atoms with Crippen molar-refractivity contribution in [1.82, 2.24) is 9.88 Å². The van der Waals surface area contributed by atoms with E-state index >= 15 is 0 Å². The Hall–Kier alpha value is -1.47. The monoisotopic (exact) mass is 358 g/mol. The lowest BCUT2D eigenvalue weighted by atomic mass is 10.2. The van der Waals surface area contributed by atoms with Gasteiger partial charge in [0.2, 0.25) is 5.91 Å². The maximum atomic E-state index is 13.5. The number of thiazole rings is 1. The number of nitrogens with one attached hydrogen (secondary N) is 1. The highest BCUT2D eigenvalue weighted by Crippen LogP contribution is 2.15. The second kappa shape index (κ2) is 6.32. The van der Waals surface area contributed by atoms with Crippen molar-refractivity contribution < 1.29 is 9.18 Å². The number of amides is 1. The number of benzene rings is 1. The predicted molar refractivity (Wildman–Crippen MR) is 79.3 cm³/mol. The zero-order chi connectivity index (χ0) is 14.7. The number of halogens is 2. The van der Waals surface area contributed by atoms with Crippen LogP contribution in [0.25, 0.3) is 0 Å². The number of aryl methyl sites for hydroxylation is 1. The maximum absolute atomic E-state index is 13.5. The summed E-state index contributed by atoms with van der Waals surface area (Å²) in [4.78, 5) is 23.1. The average molecular weight is 359 g/mol. The summed E-state index contributed by atoms with van der Waals surface area (Å²) in [5, 5.41) is 4.30. The SMILES string of the molecule is Cc1csc(=O)n1CC(=O)NCc1cc(Br)ccc1F. The molecule has 2 aromatic rings. The zero-order valence-corrected chi connectivity index (χ0v) is 13.1. The Bertz CT molecular complexity index is 696. The van der Waals surface area contributed by atoms with Crippen LogP contribution in [-0.4, -0.2) is 10.5 Å². The number of carbonyl (C=O) groups excluding carboxylic acids is 1. The lowest BCUT2D eigenvalue weighted by molar-refractivity contribution is -0.121. The second-order valence-electron chi connectivity index (χ2n) is 4.24. The molecule has 0 bridgehead atoms. The van der Waals surface area contributed by atoms with E-state index in [4.69, 9.17) is 0 Å². The minimum atomic E-state index is -0.377. The van der Waals surface area contributed by atoms with Crippen molar-refractivity contribution in [2.45, 2.75) is 20.0 Å². The summed E-state index contributed by atoms with van der Waals surface area (Å²) in [5.41, 5.74) is 1.13. The molecule has 7 heteroatoms. The van der Waals surface area contributed by atoms with E-state index < -0.39 is 0 Å². The lowest BCUT2D eigenvalue weighted by Gasteiger charge is -2.08. The van der Waals surface area contributed by atoms with Crippen molar-refractivity contribution in [2.75, 3.05) is 0 Å². The van der Waals surface area contributed by atoms with Crippen LogP contribution in [0.3, 0.4) is 0 Å². The van der Waals surface area contributed by atoms with Crippen LogP contribution in [0.15, 0.2) is 32.8 Å². The van der Waals surface area contributed by atoms with Crippen LogP contribution in [0.1, 0.15) is 11.3 Å². The molecule has 1 heterocycles. The van der Waals surface area contributed by atoms with E-state index in [1.807, 2.05) is 0 Å². The number of nitrogens with zero attached hydrogens (tertiary/aromatic N) is 1. The first-order chi connectivity index (χ1) is 9.47. The minimum absolute atomic E-state index is 0.0518. The fourth-order valence-electron chi connectivity index (χ4n) is 1.67. The molecule has 0 unspecified atom stereocenters. The van der Waals surface area contributed by atoms with E-state index in [1.165, 1.54) is 10.6 Å². The largest absolute Gasteiger partial charge is 0.350 e. The molecule has 0 radical (unpaired) electrons. The minimum Gasteiger partial charge on any atom is -0.350 e. The molecule has 0 aliphatic rings. The molecule has 0 spiro atoms. The van der Waals surface area contributed by atoms with E-state index in [0.717, 1.165) is 21.5 Å². The Balaban J connectivity index is 1.99. The van der Waals surface area contributed by atoms with Gasteiger partial charge in [0, 0.05) is 27.7 Å². The number of hydrogen-bond donors (Lipinski definition) is 1. The van der Waals surface area contributed by atoms with Crippen LogP contribution in [0.4, 0.5) is 4.39 Å². The van der Waals surface area contributed by atoms with Gasteiger partial charge in [-0.1, -0.05) is 27.3 Å². The van der Waals surface area contributed by atoms with E-state index in [1.54, 1.807) is 24.4 Å². The molecule has 0 saturated carbocycles. The van der Waals surface area contributed by atoms with Crippen molar-refractivity contribution in [3.8, 4) is 0 Å². The molecule has 1 N–H and O–H groups in total. The summed E-state index contributed by atoms with van der Waals surface area (Å²) in [7, 11) is 0. The Morgan fingerprint density at radius 1 is 1.50 bits per heavy atom. The topological polar surface area (TPSA) is 51.1 Å². The van der Waals surface area contributed by atoms with Crippen LogP contribution in [0.5, 0.6) is 0 Å². The summed E-state index contributed by atoms with van der Waals surface area (Å²) >= 11 is 4.30. The highest BCUT2D eigenvalue weighted by Gasteiger charge is 2.09. The standard InChI is InChI=1S/C13H12BrFN2O2S/c1-8-7-20-13(19)17(8)6-12(18)16-5-9-4-10(14)2-3-11(9)15/h2-4,7H,5-6H2,1H3,(H,16,18). The molecular weight excluding hydrogens is 347 g/mol. The third-order valence-electron chi connectivity index (χ3n) is 2.76. The van der Waals surface area contributed by atoms with E-state index in [9.17, 15) is 14.0 Å². The van der Waals surface area contributed by atoms with Gasteiger partial charge in [0.15, 0.2) is 0 Å². The molecule has 2 rings (SSSR count). The van der Waals surface area contributed by atoms with Crippen molar-refractivity contribution in [2.24, 2.45) is 0 Å². The fourth-order valence-corrected chi connectivity index (χ4v) is 2.81. The zero-order valence-electron chi connectivity index (χ0n) is 10.7. The van der Waals surface area contributed by atoms with Gasteiger partial charge in [0.25, 0.3) is 0 Å². The van der Waals surface area contributed by atoms with E-state index in [0.29, 0.717) is 5.56 Å². The molecule has 4 nitrogen and oxygen atoms in total. The Labute approximate surface area is 127 Å². The highest BCUT2D eigenvalue weighted by atomic mass is 79.9. The third-order valence-corrected chi connectivity index (χ3v) is 4.14. The summed E-state index contributed by atoms with van der Waals surface area (Å²) in [6.45, 7) is 1.80. The Morgan fingerprint density at radius 2 is 2.25 bits per heavy atom. The molecule has 0 fully saturated rings. The number of carbonyl (C=O) groups is 1. The number of aromatic nitrogens is 1. The van der Waals surface area contributed by atoms with Gasteiger partial charge in [-0.15, -0.1) is 0 Å². The van der Waals surface area contributed by atoms with Gasteiger partial charge in [-0.05, 0) is 25.1 Å². The van der Waals surface area contributed by atoms with Gasteiger partial charge in [0.05, 0.1) is 0 Å². The van der Waals surface area contributed by atoms with E-state index in [2.05, 4.69) is 21.2 Å². The molecular formula is C13H12BrFN2O2S. The smallest absolute Gasteiger partial charge is 0.307 e. The Morgan fingerprint density at radius 3 is 2.90 bits per heavy atom. The number of hydrogen-bond acceptors (Lipinski definition) is 3. The molecule has 0 atom stereocenters. The highest BCUT2D eigenvalue weighted by molar-refractivity contribution is 9.10. The van der Waals surface area contributed by atoms with Crippen LogP contribution < -0.4 is 10.2 Å². The van der Waals surface area contributed by atoms with Crippen molar-refractivity contribution in [3.05, 3.63) is 54.8 Å². The number of rotatable bonds is 4. The summed E-state index contributed by atoms with van der Waals surface area (Å²) in [6, 6.07) is 4.53. The van der Waals surface area contributed by atoms with E-state index in [-0.39, 0.29) is 29.7 Å². The molecule has 0 aliphatic carbocycles. The van der Waals surface area contributed by atoms with Crippen LogP contribution in [0, 0.1) is 12.7 Å². The molecule has 0 saturated heterocycles. The van der Waals surface area contributed by atoms with Gasteiger partial charge in [-0.3, -0.25) is 14.2 Å². The lowest BCUT2D eigenvalue weighted by Crippen LogP contribution is -2.30. The molecule has 1 aromatic heterocycles.